The minimum absolute atomic E-state index is 0.0921. The van der Waals surface area contributed by atoms with Crippen molar-refractivity contribution in [3.05, 3.63) is 12.0 Å². The van der Waals surface area contributed by atoms with Crippen molar-refractivity contribution in [3.8, 4) is 0 Å². The van der Waals surface area contributed by atoms with Gasteiger partial charge >= 0.3 is 0 Å². The maximum absolute atomic E-state index is 13.3. The summed E-state index contributed by atoms with van der Waals surface area (Å²) in [4.78, 5) is 0. The zero-order valence-electron chi connectivity index (χ0n) is 18.2. The lowest BCUT2D eigenvalue weighted by molar-refractivity contribution is 0.108. The molecule has 2 aliphatic carbocycles. The Bertz CT molecular complexity index is 695. The maximum Gasteiger partial charge on any atom is 0.244 e. The van der Waals surface area contributed by atoms with Crippen molar-refractivity contribution in [2.24, 2.45) is 16.7 Å². The van der Waals surface area contributed by atoms with E-state index >= 15 is 0 Å². The smallest absolute Gasteiger partial charge is 0.244 e. The molecule has 2 saturated carbocycles. The normalized spacial score (nSPS) is 34.1. The largest absolute Gasteiger partial charge is 0.532 e. The van der Waals surface area contributed by atoms with E-state index in [0.29, 0.717) is 17.6 Å². The van der Waals surface area contributed by atoms with Gasteiger partial charge in [0.2, 0.25) is 18.3 Å². The Labute approximate surface area is 167 Å². The SMILES string of the molecule is CCCCCC/C=C(\O[Si](C)(C)C)N1[C@H]2C[C@@H]3CC[C@@]2(CS1(=O)=O)C3(C)C. The van der Waals surface area contributed by atoms with Gasteiger partial charge in [-0.15, -0.1) is 0 Å². The first-order valence-corrected chi connectivity index (χ1v) is 15.9. The van der Waals surface area contributed by atoms with Crippen LogP contribution in [0.3, 0.4) is 0 Å². The molecule has 3 atom stereocenters. The third kappa shape index (κ3) is 3.61. The summed E-state index contributed by atoms with van der Waals surface area (Å²) >= 11 is 0. The Kier molecular flexibility index (Phi) is 5.57. The minimum Gasteiger partial charge on any atom is -0.532 e. The molecular formula is C21H39NO3SSi. The van der Waals surface area contributed by atoms with E-state index in [0.717, 1.165) is 25.7 Å². The number of allylic oxidation sites excluding steroid dienone is 1. The van der Waals surface area contributed by atoms with Gasteiger partial charge < -0.3 is 4.43 Å². The first-order chi connectivity index (χ1) is 12.4. The summed E-state index contributed by atoms with van der Waals surface area (Å²) in [6, 6.07) is 0.0921. The van der Waals surface area contributed by atoms with Crippen molar-refractivity contribution in [2.75, 3.05) is 5.75 Å². The molecule has 0 amide bonds. The van der Waals surface area contributed by atoms with Gasteiger partial charge in [-0.25, -0.2) is 12.7 Å². The second kappa shape index (κ2) is 7.08. The molecule has 6 heteroatoms. The van der Waals surface area contributed by atoms with E-state index < -0.39 is 18.3 Å². The highest BCUT2D eigenvalue weighted by atomic mass is 32.2. The molecule has 0 N–H and O–H groups in total. The molecule has 0 radical (unpaired) electrons. The van der Waals surface area contributed by atoms with Gasteiger partial charge in [0.05, 0.1) is 11.8 Å². The van der Waals surface area contributed by atoms with Crippen molar-refractivity contribution in [3.63, 3.8) is 0 Å². The number of hydrogen-bond acceptors (Lipinski definition) is 3. The Morgan fingerprint density at radius 1 is 1.22 bits per heavy atom. The third-order valence-corrected chi connectivity index (χ3v) is 10.2. The van der Waals surface area contributed by atoms with Crippen LogP contribution in [0.5, 0.6) is 0 Å². The number of fused-ring (bicyclic) bond motifs is 1. The summed E-state index contributed by atoms with van der Waals surface area (Å²) in [7, 11) is -5.22. The summed E-state index contributed by atoms with van der Waals surface area (Å²) in [6.45, 7) is 13.2. The van der Waals surface area contributed by atoms with Crippen molar-refractivity contribution >= 4 is 18.3 Å². The standard InChI is InChI=1S/C21H39NO3SSi/c1-7-8-9-10-11-12-19(25-27(4,5)6)22-18-15-17-13-14-21(18,20(17,2)3)16-26(22,23)24/h12,17-18H,7-11,13-16H2,1-6H3/b19-12-/t17-,18-,21-/m0/s1. The van der Waals surface area contributed by atoms with Gasteiger partial charge in [0.25, 0.3) is 0 Å². The third-order valence-electron chi connectivity index (χ3n) is 7.42. The van der Waals surface area contributed by atoms with Crippen molar-refractivity contribution in [2.45, 2.75) is 97.8 Å². The van der Waals surface area contributed by atoms with Gasteiger partial charge in [-0.2, -0.15) is 0 Å². The van der Waals surface area contributed by atoms with Crippen molar-refractivity contribution < 1.29 is 12.8 Å². The lowest BCUT2D eigenvalue weighted by atomic mass is 9.69. The Morgan fingerprint density at radius 3 is 2.52 bits per heavy atom. The van der Waals surface area contributed by atoms with Gasteiger partial charge in [-0.05, 0) is 69.2 Å². The van der Waals surface area contributed by atoms with Crippen LogP contribution >= 0.6 is 0 Å². The zero-order valence-corrected chi connectivity index (χ0v) is 20.0. The molecule has 1 spiro atoms. The molecule has 1 saturated heterocycles. The number of nitrogens with zero attached hydrogens (tertiary/aromatic N) is 1. The van der Waals surface area contributed by atoms with E-state index in [2.05, 4.69) is 46.5 Å². The molecule has 0 aromatic rings. The molecule has 156 valence electrons. The fourth-order valence-electron chi connectivity index (χ4n) is 5.87. The van der Waals surface area contributed by atoms with Gasteiger partial charge in [-0.1, -0.05) is 40.0 Å². The van der Waals surface area contributed by atoms with Gasteiger partial charge in [0, 0.05) is 5.41 Å². The van der Waals surface area contributed by atoms with Gasteiger partial charge in [0.15, 0.2) is 5.88 Å². The van der Waals surface area contributed by atoms with Crippen LogP contribution in [-0.4, -0.2) is 32.8 Å². The van der Waals surface area contributed by atoms with Gasteiger partial charge in [-0.3, -0.25) is 0 Å². The molecule has 0 aromatic carbocycles. The maximum atomic E-state index is 13.3. The summed E-state index contributed by atoms with van der Waals surface area (Å²) < 4.78 is 34.8. The molecule has 0 aromatic heterocycles. The lowest BCUT2D eigenvalue weighted by Crippen LogP contribution is -2.43. The Balaban J connectivity index is 1.90. The van der Waals surface area contributed by atoms with E-state index in [1.807, 2.05) is 0 Å². The minimum atomic E-state index is -3.32. The predicted molar refractivity (Wildman–Crippen MR) is 114 cm³/mol. The predicted octanol–water partition coefficient (Wildman–Crippen LogP) is 5.49. The number of rotatable bonds is 8. The molecule has 3 rings (SSSR count). The number of unbranched alkanes of at least 4 members (excludes halogenated alkanes) is 4. The highest BCUT2D eigenvalue weighted by Crippen LogP contribution is 2.70. The summed E-state index contributed by atoms with van der Waals surface area (Å²) in [6.07, 6.45) is 11.0. The van der Waals surface area contributed by atoms with Crippen molar-refractivity contribution in [1.82, 2.24) is 4.31 Å². The number of sulfonamides is 1. The van der Waals surface area contributed by atoms with Crippen LogP contribution in [0.15, 0.2) is 12.0 Å². The molecule has 1 heterocycles. The van der Waals surface area contributed by atoms with Crippen LogP contribution in [0.25, 0.3) is 0 Å². The highest BCUT2D eigenvalue weighted by molar-refractivity contribution is 7.89. The molecule has 3 aliphatic rings. The average Bonchev–Trinajstić information content (AvgIpc) is 2.99. The van der Waals surface area contributed by atoms with Crippen molar-refractivity contribution in [1.29, 1.82) is 0 Å². The summed E-state index contributed by atoms with van der Waals surface area (Å²) in [5.41, 5.74) is 0.00544. The van der Waals surface area contributed by atoms with E-state index in [1.54, 1.807) is 4.31 Å². The zero-order chi connectivity index (χ0) is 20.1. The molecule has 4 nitrogen and oxygen atoms in total. The van der Waals surface area contributed by atoms with Crippen LogP contribution < -0.4 is 0 Å². The van der Waals surface area contributed by atoms with E-state index in [-0.39, 0.29) is 16.9 Å². The highest BCUT2D eigenvalue weighted by Gasteiger charge is 2.72. The molecule has 3 fully saturated rings. The van der Waals surface area contributed by atoms with E-state index in [9.17, 15) is 8.42 Å². The summed E-state index contributed by atoms with van der Waals surface area (Å²) in [5.74, 6) is 1.59. The lowest BCUT2D eigenvalue weighted by Gasteiger charge is -2.38. The van der Waals surface area contributed by atoms with Crippen LogP contribution in [-0.2, 0) is 14.4 Å². The molecule has 27 heavy (non-hydrogen) atoms. The Hall–Kier alpha value is -0.493. The summed E-state index contributed by atoms with van der Waals surface area (Å²) in [5, 5.41) is 0. The first kappa shape index (κ1) is 21.2. The molecular weight excluding hydrogens is 374 g/mol. The molecule has 2 bridgehead atoms. The first-order valence-electron chi connectivity index (χ1n) is 10.9. The van der Waals surface area contributed by atoms with E-state index in [1.165, 1.54) is 25.7 Å². The van der Waals surface area contributed by atoms with Crippen LogP contribution in [0, 0.1) is 16.7 Å². The van der Waals surface area contributed by atoms with Crippen LogP contribution in [0.1, 0.15) is 72.1 Å². The topological polar surface area (TPSA) is 46.6 Å². The Morgan fingerprint density at radius 2 is 1.93 bits per heavy atom. The van der Waals surface area contributed by atoms with Gasteiger partial charge in [0.1, 0.15) is 0 Å². The van der Waals surface area contributed by atoms with E-state index in [4.69, 9.17) is 4.43 Å². The second-order valence-corrected chi connectivity index (χ2v) is 16.8. The fourth-order valence-corrected chi connectivity index (χ4v) is 9.30. The average molecular weight is 414 g/mol. The molecule has 1 aliphatic heterocycles. The number of hydrogen-bond donors (Lipinski definition) is 0. The monoisotopic (exact) mass is 413 g/mol. The van der Waals surface area contributed by atoms with Crippen LogP contribution in [0.2, 0.25) is 19.6 Å². The quantitative estimate of drug-likeness (QED) is 0.300. The fraction of sp³-hybridized carbons (Fsp3) is 0.905. The molecule has 0 unspecified atom stereocenters. The second-order valence-electron chi connectivity index (χ2n) is 10.5. The van der Waals surface area contributed by atoms with Crippen LogP contribution in [0.4, 0.5) is 0 Å².